The molecule has 1 aromatic rings. The highest BCUT2D eigenvalue weighted by Crippen LogP contribution is 2.43. The smallest absolute Gasteiger partial charge is 0.0795 e. The van der Waals surface area contributed by atoms with Gasteiger partial charge in [0.2, 0.25) is 0 Å². The van der Waals surface area contributed by atoms with Crippen molar-refractivity contribution < 1.29 is 5.11 Å². The van der Waals surface area contributed by atoms with Crippen molar-refractivity contribution in [3.05, 3.63) is 35.4 Å². The molecule has 1 N–H and O–H groups in total. The predicted molar refractivity (Wildman–Crippen MR) is 81.3 cm³/mol. The second-order valence-corrected chi connectivity index (χ2v) is 6.07. The SMILES string of the molecule is CCCCC(CC)CC(O)c1ccccc1C1CC1. The van der Waals surface area contributed by atoms with Gasteiger partial charge in [-0.15, -0.1) is 0 Å². The Morgan fingerprint density at radius 2 is 1.95 bits per heavy atom. The first-order chi connectivity index (χ1) is 9.26. The van der Waals surface area contributed by atoms with Crippen LogP contribution in [0.5, 0.6) is 0 Å². The van der Waals surface area contributed by atoms with Crippen LogP contribution in [-0.4, -0.2) is 5.11 Å². The fraction of sp³-hybridized carbons (Fsp3) is 0.667. The van der Waals surface area contributed by atoms with E-state index < -0.39 is 0 Å². The molecule has 2 rings (SSSR count). The number of hydrogen-bond donors (Lipinski definition) is 1. The lowest BCUT2D eigenvalue weighted by molar-refractivity contribution is 0.138. The number of hydrogen-bond acceptors (Lipinski definition) is 1. The van der Waals surface area contributed by atoms with Crippen molar-refractivity contribution in [2.24, 2.45) is 5.92 Å². The predicted octanol–water partition coefficient (Wildman–Crippen LogP) is 5.20. The summed E-state index contributed by atoms with van der Waals surface area (Å²) in [6.07, 6.45) is 8.26. The summed E-state index contributed by atoms with van der Waals surface area (Å²) in [7, 11) is 0. The molecule has 106 valence electrons. The van der Waals surface area contributed by atoms with Crippen molar-refractivity contribution in [2.45, 2.75) is 70.8 Å². The van der Waals surface area contributed by atoms with Crippen LogP contribution in [0.2, 0.25) is 0 Å². The van der Waals surface area contributed by atoms with Gasteiger partial charge in [0.25, 0.3) is 0 Å². The Kier molecular flexibility index (Phi) is 5.45. The Hall–Kier alpha value is -0.820. The molecule has 0 spiro atoms. The average molecular weight is 260 g/mol. The Bertz CT molecular complexity index is 381. The summed E-state index contributed by atoms with van der Waals surface area (Å²) in [4.78, 5) is 0. The summed E-state index contributed by atoms with van der Waals surface area (Å²) in [5.74, 6) is 1.39. The first kappa shape index (κ1) is 14.6. The fourth-order valence-electron chi connectivity index (χ4n) is 3.00. The van der Waals surface area contributed by atoms with Crippen LogP contribution >= 0.6 is 0 Å². The van der Waals surface area contributed by atoms with E-state index >= 15 is 0 Å². The molecule has 0 aromatic heterocycles. The lowest BCUT2D eigenvalue weighted by atomic mass is 9.88. The third-order valence-electron chi connectivity index (χ3n) is 4.47. The van der Waals surface area contributed by atoms with E-state index in [0.717, 1.165) is 12.3 Å². The topological polar surface area (TPSA) is 20.2 Å². The normalized spacial score (nSPS) is 18.3. The van der Waals surface area contributed by atoms with Gasteiger partial charge < -0.3 is 5.11 Å². The van der Waals surface area contributed by atoms with Gasteiger partial charge >= 0.3 is 0 Å². The van der Waals surface area contributed by atoms with E-state index in [2.05, 4.69) is 38.1 Å². The van der Waals surface area contributed by atoms with E-state index in [9.17, 15) is 5.11 Å². The second-order valence-electron chi connectivity index (χ2n) is 6.07. The minimum absolute atomic E-state index is 0.265. The summed E-state index contributed by atoms with van der Waals surface area (Å²) in [6.45, 7) is 4.49. The van der Waals surface area contributed by atoms with Gasteiger partial charge in [-0.1, -0.05) is 63.8 Å². The Morgan fingerprint density at radius 1 is 1.21 bits per heavy atom. The molecule has 1 fully saturated rings. The van der Waals surface area contributed by atoms with E-state index in [4.69, 9.17) is 0 Å². The minimum atomic E-state index is -0.265. The van der Waals surface area contributed by atoms with Gasteiger partial charge in [-0.2, -0.15) is 0 Å². The van der Waals surface area contributed by atoms with E-state index in [1.807, 2.05) is 0 Å². The van der Waals surface area contributed by atoms with Crippen LogP contribution in [0.15, 0.2) is 24.3 Å². The molecule has 0 saturated heterocycles. The maximum atomic E-state index is 10.6. The van der Waals surface area contributed by atoms with Gasteiger partial charge in [0.05, 0.1) is 6.10 Å². The van der Waals surface area contributed by atoms with Crippen LogP contribution in [0.25, 0.3) is 0 Å². The van der Waals surface area contributed by atoms with Gasteiger partial charge in [0, 0.05) is 0 Å². The minimum Gasteiger partial charge on any atom is -0.388 e. The summed E-state index contributed by atoms with van der Waals surface area (Å²) < 4.78 is 0. The van der Waals surface area contributed by atoms with E-state index in [0.29, 0.717) is 5.92 Å². The molecule has 2 unspecified atom stereocenters. The lowest BCUT2D eigenvalue weighted by Crippen LogP contribution is -2.09. The average Bonchev–Trinajstić information content (AvgIpc) is 3.27. The molecule has 0 amide bonds. The van der Waals surface area contributed by atoms with Crippen molar-refractivity contribution in [1.29, 1.82) is 0 Å². The number of aliphatic hydroxyl groups excluding tert-OH is 1. The van der Waals surface area contributed by atoms with Gasteiger partial charge in [-0.3, -0.25) is 0 Å². The van der Waals surface area contributed by atoms with Crippen molar-refractivity contribution >= 4 is 0 Å². The molecule has 19 heavy (non-hydrogen) atoms. The number of aliphatic hydroxyl groups is 1. The second kappa shape index (κ2) is 7.09. The Labute approximate surface area is 118 Å². The van der Waals surface area contributed by atoms with E-state index in [1.165, 1.54) is 49.7 Å². The Morgan fingerprint density at radius 3 is 2.58 bits per heavy atom. The van der Waals surface area contributed by atoms with Gasteiger partial charge in [0.1, 0.15) is 0 Å². The molecular weight excluding hydrogens is 232 g/mol. The van der Waals surface area contributed by atoms with Crippen LogP contribution < -0.4 is 0 Å². The van der Waals surface area contributed by atoms with Crippen LogP contribution in [0.1, 0.15) is 81.9 Å². The quantitative estimate of drug-likeness (QED) is 0.680. The standard InChI is InChI=1S/C18H28O/c1-3-5-8-14(4-2)13-18(19)17-10-7-6-9-16(17)15-11-12-15/h6-7,9-10,14-15,18-19H,3-5,8,11-13H2,1-2H3. The third kappa shape index (κ3) is 4.07. The Balaban J connectivity index is 2.00. The molecular formula is C18H28O. The molecule has 1 aliphatic carbocycles. The molecule has 0 bridgehead atoms. The van der Waals surface area contributed by atoms with Crippen molar-refractivity contribution in [2.75, 3.05) is 0 Å². The van der Waals surface area contributed by atoms with Crippen LogP contribution in [-0.2, 0) is 0 Å². The van der Waals surface area contributed by atoms with Gasteiger partial charge in [-0.05, 0) is 42.2 Å². The molecule has 2 atom stereocenters. The highest BCUT2D eigenvalue weighted by Gasteiger charge is 2.28. The summed E-state index contributed by atoms with van der Waals surface area (Å²) >= 11 is 0. The van der Waals surface area contributed by atoms with E-state index in [1.54, 1.807) is 0 Å². The zero-order valence-electron chi connectivity index (χ0n) is 12.4. The zero-order valence-corrected chi connectivity index (χ0v) is 12.4. The first-order valence-electron chi connectivity index (χ1n) is 8.03. The molecule has 0 aliphatic heterocycles. The largest absolute Gasteiger partial charge is 0.388 e. The zero-order chi connectivity index (χ0) is 13.7. The van der Waals surface area contributed by atoms with Crippen LogP contribution in [0.3, 0.4) is 0 Å². The highest BCUT2D eigenvalue weighted by atomic mass is 16.3. The van der Waals surface area contributed by atoms with Gasteiger partial charge in [0.15, 0.2) is 0 Å². The highest BCUT2D eigenvalue weighted by molar-refractivity contribution is 5.34. The molecule has 0 heterocycles. The number of unbranched alkanes of at least 4 members (excludes halogenated alkanes) is 1. The number of rotatable bonds is 8. The molecule has 1 saturated carbocycles. The van der Waals surface area contributed by atoms with Crippen molar-refractivity contribution in [1.82, 2.24) is 0 Å². The van der Waals surface area contributed by atoms with E-state index in [-0.39, 0.29) is 6.10 Å². The molecule has 1 aliphatic rings. The molecule has 0 radical (unpaired) electrons. The molecule has 1 heteroatoms. The molecule has 1 aromatic carbocycles. The van der Waals surface area contributed by atoms with Crippen molar-refractivity contribution in [3.63, 3.8) is 0 Å². The molecule has 1 nitrogen and oxygen atoms in total. The maximum Gasteiger partial charge on any atom is 0.0795 e. The van der Waals surface area contributed by atoms with Crippen LogP contribution in [0.4, 0.5) is 0 Å². The third-order valence-corrected chi connectivity index (χ3v) is 4.47. The van der Waals surface area contributed by atoms with Crippen molar-refractivity contribution in [3.8, 4) is 0 Å². The lowest BCUT2D eigenvalue weighted by Gasteiger charge is -2.21. The van der Waals surface area contributed by atoms with Crippen LogP contribution in [0, 0.1) is 5.92 Å². The first-order valence-corrected chi connectivity index (χ1v) is 8.03. The number of benzene rings is 1. The fourth-order valence-corrected chi connectivity index (χ4v) is 3.00. The maximum absolute atomic E-state index is 10.6. The van der Waals surface area contributed by atoms with Gasteiger partial charge in [-0.25, -0.2) is 0 Å². The monoisotopic (exact) mass is 260 g/mol. The summed E-state index contributed by atoms with van der Waals surface area (Å²) in [6, 6.07) is 8.52. The summed E-state index contributed by atoms with van der Waals surface area (Å²) in [5.41, 5.74) is 2.60. The summed E-state index contributed by atoms with van der Waals surface area (Å²) in [5, 5.41) is 10.6.